The van der Waals surface area contributed by atoms with Gasteiger partial charge < -0.3 is 14.6 Å². The summed E-state index contributed by atoms with van der Waals surface area (Å²) in [5.41, 5.74) is -0.348. The first-order chi connectivity index (χ1) is 12.5. The van der Waals surface area contributed by atoms with Crippen molar-refractivity contribution >= 4 is 27.5 Å². The maximum atomic E-state index is 12.8. The van der Waals surface area contributed by atoms with Crippen molar-refractivity contribution in [2.75, 3.05) is 13.7 Å². The normalized spacial score (nSPS) is 10.8. The first kappa shape index (κ1) is 17.9. The molecule has 0 fully saturated rings. The Kier molecular flexibility index (Phi) is 5.22. The van der Waals surface area contributed by atoms with Gasteiger partial charge in [0, 0.05) is 11.8 Å². The summed E-state index contributed by atoms with van der Waals surface area (Å²) in [4.78, 5) is 29.1. The minimum Gasteiger partial charge on any atom is -0.497 e. The van der Waals surface area contributed by atoms with Gasteiger partial charge in [0.05, 0.1) is 24.6 Å². The van der Waals surface area contributed by atoms with Gasteiger partial charge in [0.15, 0.2) is 0 Å². The quantitative estimate of drug-likeness (QED) is 0.684. The Hall–Kier alpha value is -2.87. The van der Waals surface area contributed by atoms with E-state index in [2.05, 4.69) is 4.98 Å². The highest BCUT2D eigenvalue weighted by Crippen LogP contribution is 2.22. The minimum atomic E-state index is -1.12. The molecule has 1 aromatic carbocycles. The molecule has 3 rings (SSSR count). The number of methoxy groups -OCH3 is 1. The van der Waals surface area contributed by atoms with Crippen LogP contribution < -0.4 is 15.0 Å². The zero-order valence-electron chi connectivity index (χ0n) is 14.4. The third-order valence-electron chi connectivity index (χ3n) is 3.96. The Morgan fingerprint density at radius 3 is 2.58 bits per heavy atom. The Balaban J connectivity index is 1.86. The summed E-state index contributed by atoms with van der Waals surface area (Å²) in [5, 5.41) is 10.9. The summed E-state index contributed by atoms with van der Waals surface area (Å²) < 4.78 is 12.3. The number of carboxylic acid groups (broad SMARTS) is 1. The molecule has 0 unspecified atom stereocenters. The van der Waals surface area contributed by atoms with Crippen LogP contribution in [0.1, 0.15) is 23.1 Å². The van der Waals surface area contributed by atoms with Gasteiger partial charge in [-0.2, -0.15) is 0 Å². The van der Waals surface area contributed by atoms with Crippen LogP contribution in [-0.4, -0.2) is 34.3 Å². The minimum absolute atomic E-state index is 0.00465. The molecule has 0 aliphatic rings. The van der Waals surface area contributed by atoms with Crippen LogP contribution in [0.25, 0.3) is 10.2 Å². The summed E-state index contributed by atoms with van der Waals surface area (Å²) in [7, 11) is 1.59. The molecule has 0 aliphatic heterocycles. The Bertz CT molecular complexity index is 991. The van der Waals surface area contributed by atoms with Crippen LogP contribution in [0.3, 0.4) is 0 Å². The molecule has 0 saturated heterocycles. The molecule has 7 nitrogen and oxygen atoms in total. The second-order valence-electron chi connectivity index (χ2n) is 5.50. The number of fused-ring (bicyclic) bond motifs is 1. The maximum absolute atomic E-state index is 12.8. The lowest BCUT2D eigenvalue weighted by molar-refractivity contribution is 0.0699. The van der Waals surface area contributed by atoms with E-state index in [1.807, 2.05) is 6.92 Å². The van der Waals surface area contributed by atoms with Crippen LogP contribution >= 0.6 is 11.3 Å². The zero-order valence-corrected chi connectivity index (χ0v) is 15.2. The van der Waals surface area contributed by atoms with Gasteiger partial charge in [0.25, 0.3) is 5.56 Å². The van der Waals surface area contributed by atoms with Gasteiger partial charge in [-0.15, -0.1) is 11.3 Å². The van der Waals surface area contributed by atoms with E-state index in [1.54, 1.807) is 31.4 Å². The number of hydrogen-bond donors (Lipinski definition) is 1. The topological polar surface area (TPSA) is 90.7 Å². The second-order valence-corrected chi connectivity index (χ2v) is 6.36. The van der Waals surface area contributed by atoms with Gasteiger partial charge >= 0.3 is 5.97 Å². The molecule has 0 aliphatic carbocycles. The van der Waals surface area contributed by atoms with Gasteiger partial charge in [-0.1, -0.05) is 6.92 Å². The highest BCUT2D eigenvalue weighted by molar-refractivity contribution is 7.17. The molecule has 3 aromatic rings. The largest absolute Gasteiger partial charge is 0.497 e. The first-order valence-electron chi connectivity index (χ1n) is 8.06. The monoisotopic (exact) mass is 374 g/mol. The third-order valence-corrected chi connectivity index (χ3v) is 4.83. The lowest BCUT2D eigenvalue weighted by Crippen LogP contribution is -2.28. The van der Waals surface area contributed by atoms with Crippen LogP contribution in [0.4, 0.5) is 0 Å². The number of thiophene rings is 1. The Morgan fingerprint density at radius 2 is 1.96 bits per heavy atom. The molecule has 2 heterocycles. The van der Waals surface area contributed by atoms with Crippen molar-refractivity contribution in [1.29, 1.82) is 0 Å². The number of nitrogens with zero attached hydrogens (tertiary/aromatic N) is 2. The number of hydrogen-bond acceptors (Lipinski definition) is 6. The van der Waals surface area contributed by atoms with E-state index < -0.39 is 5.97 Å². The standard InChI is InChI=1S/C18H18N2O5S/c1-3-14-19-16-15(13(10-26-16)18(22)23)17(21)20(14)8-9-25-12-6-4-11(24-2)5-7-12/h4-7,10H,3,8-9H2,1-2H3,(H,22,23). The summed E-state index contributed by atoms with van der Waals surface area (Å²) in [6.07, 6.45) is 0.564. The summed E-state index contributed by atoms with van der Waals surface area (Å²) in [6.45, 7) is 2.45. The van der Waals surface area contributed by atoms with Gasteiger partial charge in [-0.05, 0) is 24.3 Å². The van der Waals surface area contributed by atoms with Crippen molar-refractivity contribution in [3.05, 3.63) is 51.4 Å². The Morgan fingerprint density at radius 1 is 1.27 bits per heavy atom. The molecule has 0 amide bonds. The highest BCUT2D eigenvalue weighted by atomic mass is 32.1. The summed E-state index contributed by atoms with van der Waals surface area (Å²) in [6, 6.07) is 7.14. The van der Waals surface area contributed by atoms with Crippen molar-refractivity contribution in [3.63, 3.8) is 0 Å². The summed E-state index contributed by atoms with van der Waals surface area (Å²) in [5.74, 6) is 0.878. The molecular formula is C18H18N2O5S. The molecule has 0 saturated carbocycles. The fourth-order valence-corrected chi connectivity index (χ4v) is 3.57. The van der Waals surface area contributed by atoms with Crippen molar-refractivity contribution in [2.45, 2.75) is 19.9 Å². The van der Waals surface area contributed by atoms with E-state index in [1.165, 1.54) is 21.3 Å². The number of aryl methyl sites for hydroxylation is 1. The average molecular weight is 374 g/mol. The number of benzene rings is 1. The number of rotatable bonds is 7. The molecule has 0 bridgehead atoms. The van der Waals surface area contributed by atoms with Crippen LogP contribution in [-0.2, 0) is 13.0 Å². The number of carboxylic acids is 1. The third kappa shape index (κ3) is 3.41. The predicted molar refractivity (Wildman–Crippen MR) is 98.7 cm³/mol. The van der Waals surface area contributed by atoms with E-state index >= 15 is 0 Å². The van der Waals surface area contributed by atoms with Crippen LogP contribution in [0, 0.1) is 0 Å². The molecule has 0 radical (unpaired) electrons. The fourth-order valence-electron chi connectivity index (χ4n) is 2.65. The van der Waals surface area contributed by atoms with Gasteiger partial charge in [0.2, 0.25) is 0 Å². The molecule has 0 spiro atoms. The highest BCUT2D eigenvalue weighted by Gasteiger charge is 2.18. The molecular weight excluding hydrogens is 356 g/mol. The predicted octanol–water partition coefficient (Wildman–Crippen LogP) is 2.81. The number of aromatic nitrogens is 2. The van der Waals surface area contributed by atoms with Crippen LogP contribution in [0.5, 0.6) is 11.5 Å². The van der Waals surface area contributed by atoms with Crippen molar-refractivity contribution in [1.82, 2.24) is 9.55 Å². The van der Waals surface area contributed by atoms with E-state index in [9.17, 15) is 14.7 Å². The Labute approximate surface area is 153 Å². The zero-order chi connectivity index (χ0) is 18.7. The van der Waals surface area contributed by atoms with Crippen LogP contribution in [0.2, 0.25) is 0 Å². The van der Waals surface area contributed by atoms with Crippen LogP contribution in [0.15, 0.2) is 34.4 Å². The van der Waals surface area contributed by atoms with E-state index in [0.29, 0.717) is 22.8 Å². The fraction of sp³-hybridized carbons (Fsp3) is 0.278. The lowest BCUT2D eigenvalue weighted by Gasteiger charge is -2.12. The molecule has 2 aromatic heterocycles. The number of carbonyl (C=O) groups is 1. The molecule has 136 valence electrons. The molecule has 0 atom stereocenters. The van der Waals surface area contributed by atoms with Gasteiger partial charge in [-0.25, -0.2) is 9.78 Å². The van der Waals surface area contributed by atoms with E-state index in [-0.39, 0.29) is 29.7 Å². The van der Waals surface area contributed by atoms with Gasteiger partial charge in [0.1, 0.15) is 28.8 Å². The average Bonchev–Trinajstić information content (AvgIpc) is 3.08. The number of aromatic carboxylic acids is 1. The first-order valence-corrected chi connectivity index (χ1v) is 8.94. The van der Waals surface area contributed by atoms with Gasteiger partial charge in [-0.3, -0.25) is 9.36 Å². The number of ether oxygens (including phenoxy) is 2. The smallest absolute Gasteiger partial charge is 0.337 e. The van der Waals surface area contributed by atoms with Crippen molar-refractivity contribution < 1.29 is 19.4 Å². The molecule has 26 heavy (non-hydrogen) atoms. The lowest BCUT2D eigenvalue weighted by atomic mass is 10.2. The summed E-state index contributed by atoms with van der Waals surface area (Å²) >= 11 is 1.17. The van der Waals surface area contributed by atoms with E-state index in [4.69, 9.17) is 9.47 Å². The second kappa shape index (κ2) is 7.57. The molecule has 8 heteroatoms. The molecule has 1 N–H and O–H groups in total. The van der Waals surface area contributed by atoms with E-state index in [0.717, 1.165) is 5.75 Å². The SMILES string of the molecule is CCc1nc2scc(C(=O)O)c2c(=O)n1CCOc1ccc(OC)cc1. The van der Waals surface area contributed by atoms with Crippen molar-refractivity contribution in [2.24, 2.45) is 0 Å². The maximum Gasteiger partial charge on any atom is 0.337 e. The van der Waals surface area contributed by atoms with Crippen molar-refractivity contribution in [3.8, 4) is 11.5 Å².